The Labute approximate surface area is 114 Å². The molecule has 104 valence electrons. The van der Waals surface area contributed by atoms with Crippen molar-refractivity contribution in [3.63, 3.8) is 0 Å². The number of unbranched alkanes of at least 4 members (excludes halogenated alkanes) is 1. The van der Waals surface area contributed by atoms with Crippen molar-refractivity contribution < 1.29 is 4.79 Å². The summed E-state index contributed by atoms with van der Waals surface area (Å²) in [4.78, 5) is 11.3. The van der Waals surface area contributed by atoms with E-state index in [4.69, 9.17) is 5.73 Å². The largest absolute Gasteiger partial charge is 0.330 e. The number of benzene rings is 1. The fraction of sp³-hybridized carbons (Fsp3) is 0.533. The summed E-state index contributed by atoms with van der Waals surface area (Å²) in [6.07, 6.45) is 4.73. The molecule has 4 heteroatoms. The van der Waals surface area contributed by atoms with E-state index in [2.05, 4.69) is 22.8 Å². The minimum Gasteiger partial charge on any atom is -0.330 e. The molecular weight excluding hydrogens is 238 g/mol. The van der Waals surface area contributed by atoms with Crippen molar-refractivity contribution in [3.8, 4) is 0 Å². The van der Waals surface area contributed by atoms with Crippen LogP contribution in [0.25, 0.3) is 0 Å². The highest BCUT2D eigenvalue weighted by Crippen LogP contribution is 2.23. The minimum atomic E-state index is 0.127. The predicted molar refractivity (Wildman–Crippen MR) is 78.3 cm³/mol. The lowest BCUT2D eigenvalue weighted by molar-refractivity contribution is -0.116. The van der Waals surface area contributed by atoms with Gasteiger partial charge in [0.05, 0.1) is 0 Å². The molecule has 0 atom stereocenters. The van der Waals surface area contributed by atoms with Gasteiger partial charge in [0.25, 0.3) is 0 Å². The summed E-state index contributed by atoms with van der Waals surface area (Å²) in [5.74, 6) is 0.127. The zero-order valence-corrected chi connectivity index (χ0v) is 11.4. The molecule has 2 rings (SSSR count). The summed E-state index contributed by atoms with van der Waals surface area (Å²) in [6, 6.07) is 6.35. The van der Waals surface area contributed by atoms with Gasteiger partial charge in [0.1, 0.15) is 0 Å². The fourth-order valence-corrected chi connectivity index (χ4v) is 2.34. The summed E-state index contributed by atoms with van der Waals surface area (Å²) in [5.41, 5.74) is 9.03. The molecule has 19 heavy (non-hydrogen) atoms. The van der Waals surface area contributed by atoms with Crippen molar-refractivity contribution >= 4 is 11.6 Å². The van der Waals surface area contributed by atoms with Gasteiger partial charge in [-0.25, -0.2) is 0 Å². The number of carbonyl (C=O) groups excluding carboxylic acids is 1. The van der Waals surface area contributed by atoms with Crippen LogP contribution in [0.15, 0.2) is 18.2 Å². The maximum absolute atomic E-state index is 11.3. The molecule has 0 radical (unpaired) electrons. The molecule has 0 bridgehead atoms. The van der Waals surface area contributed by atoms with Gasteiger partial charge in [-0.05, 0) is 62.5 Å². The molecule has 0 fully saturated rings. The first-order chi connectivity index (χ1) is 9.29. The lowest BCUT2D eigenvalue weighted by Gasteiger charge is -2.17. The molecule has 0 saturated heterocycles. The third kappa shape index (κ3) is 4.33. The van der Waals surface area contributed by atoms with Crippen LogP contribution >= 0.6 is 0 Å². The Kier molecular flexibility index (Phi) is 5.36. The molecule has 1 aliphatic heterocycles. The Morgan fingerprint density at radius 1 is 1.21 bits per heavy atom. The molecule has 0 saturated carbocycles. The van der Waals surface area contributed by atoms with E-state index in [1.54, 1.807) is 0 Å². The second kappa shape index (κ2) is 7.26. The summed E-state index contributed by atoms with van der Waals surface area (Å²) >= 11 is 0. The van der Waals surface area contributed by atoms with Crippen LogP contribution in [-0.4, -0.2) is 25.5 Å². The molecule has 0 aliphatic carbocycles. The second-order valence-electron chi connectivity index (χ2n) is 5.04. The van der Waals surface area contributed by atoms with Crippen LogP contribution in [-0.2, 0) is 17.6 Å². The van der Waals surface area contributed by atoms with E-state index in [0.717, 1.165) is 51.0 Å². The maximum atomic E-state index is 11.3. The fourth-order valence-electron chi connectivity index (χ4n) is 2.34. The molecule has 0 aromatic heterocycles. The summed E-state index contributed by atoms with van der Waals surface area (Å²) in [6.45, 7) is 2.81. The average Bonchev–Trinajstić information content (AvgIpc) is 2.43. The van der Waals surface area contributed by atoms with Crippen molar-refractivity contribution in [3.05, 3.63) is 29.3 Å². The topological polar surface area (TPSA) is 67.1 Å². The smallest absolute Gasteiger partial charge is 0.224 e. The van der Waals surface area contributed by atoms with Crippen LogP contribution in [0, 0.1) is 0 Å². The summed E-state index contributed by atoms with van der Waals surface area (Å²) in [5, 5.41) is 6.34. The third-order valence-corrected chi connectivity index (χ3v) is 3.46. The molecule has 1 aromatic carbocycles. The molecule has 1 amide bonds. The van der Waals surface area contributed by atoms with Gasteiger partial charge in [-0.1, -0.05) is 12.1 Å². The quantitative estimate of drug-likeness (QED) is 0.651. The first kappa shape index (κ1) is 14.0. The van der Waals surface area contributed by atoms with Gasteiger partial charge < -0.3 is 16.4 Å². The molecule has 1 aromatic rings. The first-order valence-electron chi connectivity index (χ1n) is 7.12. The number of rotatable bonds is 7. The number of nitrogens with one attached hydrogen (secondary N) is 2. The molecule has 1 aliphatic rings. The lowest BCUT2D eigenvalue weighted by Crippen LogP contribution is -2.20. The zero-order chi connectivity index (χ0) is 13.5. The van der Waals surface area contributed by atoms with Crippen molar-refractivity contribution in [2.24, 2.45) is 5.73 Å². The van der Waals surface area contributed by atoms with Crippen molar-refractivity contribution in [2.45, 2.75) is 32.1 Å². The van der Waals surface area contributed by atoms with Crippen molar-refractivity contribution in [1.82, 2.24) is 5.32 Å². The van der Waals surface area contributed by atoms with E-state index in [-0.39, 0.29) is 5.91 Å². The number of amides is 1. The number of carbonyl (C=O) groups is 1. The summed E-state index contributed by atoms with van der Waals surface area (Å²) in [7, 11) is 0. The Morgan fingerprint density at radius 2 is 2.11 bits per heavy atom. The highest BCUT2D eigenvalue weighted by Gasteiger charge is 2.14. The van der Waals surface area contributed by atoms with Gasteiger partial charge in [-0.15, -0.1) is 0 Å². The van der Waals surface area contributed by atoms with Crippen LogP contribution in [0.5, 0.6) is 0 Å². The highest BCUT2D eigenvalue weighted by atomic mass is 16.1. The number of hydrogen-bond acceptors (Lipinski definition) is 3. The van der Waals surface area contributed by atoms with Gasteiger partial charge in [0.15, 0.2) is 0 Å². The highest BCUT2D eigenvalue weighted by molar-refractivity contribution is 5.93. The van der Waals surface area contributed by atoms with E-state index in [1.807, 2.05) is 6.07 Å². The molecule has 1 heterocycles. The standard InChI is InChI=1S/C15H23N3O/c16-8-1-2-9-17-10-7-12-3-5-14-13(11-12)4-6-15(19)18-14/h3,5,11,17H,1-2,4,6-10,16H2,(H,18,19). The van der Waals surface area contributed by atoms with E-state index in [1.165, 1.54) is 11.1 Å². The Hall–Kier alpha value is -1.39. The number of hydrogen-bond donors (Lipinski definition) is 3. The monoisotopic (exact) mass is 261 g/mol. The number of nitrogens with two attached hydrogens (primary N) is 1. The van der Waals surface area contributed by atoms with Crippen LogP contribution < -0.4 is 16.4 Å². The lowest BCUT2D eigenvalue weighted by atomic mass is 9.99. The summed E-state index contributed by atoms with van der Waals surface area (Å²) < 4.78 is 0. The number of fused-ring (bicyclic) bond motifs is 1. The normalized spacial score (nSPS) is 14.1. The third-order valence-electron chi connectivity index (χ3n) is 3.46. The van der Waals surface area contributed by atoms with E-state index in [9.17, 15) is 4.79 Å². The van der Waals surface area contributed by atoms with Crippen molar-refractivity contribution in [1.29, 1.82) is 0 Å². The van der Waals surface area contributed by atoms with Crippen LogP contribution in [0.1, 0.15) is 30.4 Å². The predicted octanol–water partition coefficient (Wildman–Crippen LogP) is 1.44. The minimum absolute atomic E-state index is 0.127. The van der Waals surface area contributed by atoms with Crippen LogP contribution in [0.2, 0.25) is 0 Å². The molecule has 0 spiro atoms. The Bertz CT molecular complexity index is 431. The van der Waals surface area contributed by atoms with E-state index >= 15 is 0 Å². The molecule has 0 unspecified atom stereocenters. The SMILES string of the molecule is NCCCCNCCc1ccc2c(c1)CCC(=O)N2. The van der Waals surface area contributed by atoms with Crippen LogP contribution in [0.3, 0.4) is 0 Å². The van der Waals surface area contributed by atoms with Gasteiger partial charge in [-0.3, -0.25) is 4.79 Å². The maximum Gasteiger partial charge on any atom is 0.224 e. The number of anilines is 1. The van der Waals surface area contributed by atoms with Crippen LogP contribution in [0.4, 0.5) is 5.69 Å². The van der Waals surface area contributed by atoms with Crippen molar-refractivity contribution in [2.75, 3.05) is 25.0 Å². The van der Waals surface area contributed by atoms with E-state index in [0.29, 0.717) is 6.42 Å². The molecular formula is C15H23N3O. The Morgan fingerprint density at radius 3 is 2.95 bits per heavy atom. The molecule has 4 nitrogen and oxygen atoms in total. The molecule has 4 N–H and O–H groups in total. The second-order valence-corrected chi connectivity index (χ2v) is 5.04. The van der Waals surface area contributed by atoms with Gasteiger partial charge in [0.2, 0.25) is 5.91 Å². The zero-order valence-electron chi connectivity index (χ0n) is 11.4. The average molecular weight is 261 g/mol. The van der Waals surface area contributed by atoms with Gasteiger partial charge in [0, 0.05) is 12.1 Å². The number of aryl methyl sites for hydroxylation is 1. The van der Waals surface area contributed by atoms with Gasteiger partial charge in [-0.2, -0.15) is 0 Å². The Balaban J connectivity index is 1.77. The first-order valence-corrected chi connectivity index (χ1v) is 7.12. The van der Waals surface area contributed by atoms with Gasteiger partial charge >= 0.3 is 0 Å². The van der Waals surface area contributed by atoms with E-state index < -0.39 is 0 Å².